The summed E-state index contributed by atoms with van der Waals surface area (Å²) in [7, 11) is 1.26. The van der Waals surface area contributed by atoms with Crippen LogP contribution in [0.1, 0.15) is 11.1 Å². The molecule has 0 saturated carbocycles. The van der Waals surface area contributed by atoms with Gasteiger partial charge in [-0.2, -0.15) is 8.78 Å². The molecule has 0 aliphatic rings. The minimum absolute atomic E-state index is 0.0243. The highest BCUT2D eigenvalue weighted by atomic mass is 19.2. The van der Waals surface area contributed by atoms with E-state index in [2.05, 4.69) is 6.58 Å². The molecule has 0 N–H and O–H groups in total. The van der Waals surface area contributed by atoms with E-state index < -0.39 is 23.3 Å². The van der Waals surface area contributed by atoms with Crippen LogP contribution in [-0.4, -0.2) is 7.11 Å². The van der Waals surface area contributed by atoms with E-state index in [-0.39, 0.29) is 29.2 Å². The molecule has 0 fully saturated rings. The van der Waals surface area contributed by atoms with Crippen LogP contribution in [0.2, 0.25) is 0 Å². The smallest absolute Gasteiger partial charge is 0.201 e. The Morgan fingerprint density at radius 1 is 0.786 bits per heavy atom. The largest absolute Gasteiger partial charge is 0.494 e. The van der Waals surface area contributed by atoms with Crippen LogP contribution in [-0.2, 0) is 6.61 Å². The normalized spacial score (nSPS) is 10.6. The van der Waals surface area contributed by atoms with Crippen LogP contribution < -0.4 is 9.47 Å². The van der Waals surface area contributed by atoms with E-state index in [9.17, 15) is 17.6 Å². The summed E-state index contributed by atoms with van der Waals surface area (Å²) in [5, 5.41) is 0. The first-order valence-corrected chi connectivity index (χ1v) is 8.30. The third-order valence-corrected chi connectivity index (χ3v) is 4.22. The molecule has 0 atom stereocenters. The predicted molar refractivity (Wildman–Crippen MR) is 99.1 cm³/mol. The van der Waals surface area contributed by atoms with Gasteiger partial charge in [-0.15, -0.1) is 0 Å². The molecule has 6 heteroatoms. The first kappa shape index (κ1) is 19.5. The first-order chi connectivity index (χ1) is 13.5. The Labute approximate surface area is 159 Å². The Morgan fingerprint density at radius 3 is 2.07 bits per heavy atom. The number of hydrogen-bond donors (Lipinski definition) is 0. The SMILES string of the molecule is C=Cc1ccc(OCc2ccc(-c3ccc(OC)c(F)c3F)cc2)c(F)c1F. The Kier molecular flexibility index (Phi) is 5.68. The van der Waals surface area contributed by atoms with Crippen LogP contribution in [0.25, 0.3) is 17.2 Å². The van der Waals surface area contributed by atoms with Crippen molar-refractivity contribution in [1.82, 2.24) is 0 Å². The van der Waals surface area contributed by atoms with Gasteiger partial charge in [0.25, 0.3) is 0 Å². The number of benzene rings is 3. The average molecular weight is 388 g/mol. The highest BCUT2D eigenvalue weighted by Crippen LogP contribution is 2.30. The van der Waals surface area contributed by atoms with Gasteiger partial charge in [0.2, 0.25) is 11.6 Å². The van der Waals surface area contributed by atoms with Crippen LogP contribution in [0.4, 0.5) is 17.6 Å². The zero-order valence-electron chi connectivity index (χ0n) is 14.9. The molecule has 2 nitrogen and oxygen atoms in total. The van der Waals surface area contributed by atoms with Crippen molar-refractivity contribution in [2.24, 2.45) is 0 Å². The molecule has 0 aromatic heterocycles. The lowest BCUT2D eigenvalue weighted by Crippen LogP contribution is -2.00. The number of methoxy groups -OCH3 is 1. The maximum atomic E-state index is 14.2. The molecule has 0 amide bonds. The van der Waals surface area contributed by atoms with Crippen molar-refractivity contribution in [2.75, 3.05) is 7.11 Å². The van der Waals surface area contributed by atoms with Gasteiger partial charge in [0.05, 0.1) is 7.11 Å². The van der Waals surface area contributed by atoms with Gasteiger partial charge in [0.15, 0.2) is 23.1 Å². The van der Waals surface area contributed by atoms with Gasteiger partial charge in [0, 0.05) is 11.1 Å². The van der Waals surface area contributed by atoms with E-state index in [0.717, 1.165) is 0 Å². The maximum absolute atomic E-state index is 14.2. The van der Waals surface area contributed by atoms with Crippen molar-refractivity contribution in [1.29, 1.82) is 0 Å². The standard InChI is InChI=1S/C22H16F4O2/c1-3-14-8-10-18(22(26)19(14)23)28-12-13-4-6-15(7-5-13)16-9-11-17(27-2)21(25)20(16)24/h3-11H,1,12H2,2H3. The Morgan fingerprint density at radius 2 is 1.43 bits per heavy atom. The van der Waals surface area contributed by atoms with Gasteiger partial charge in [-0.05, 0) is 35.4 Å². The van der Waals surface area contributed by atoms with Crippen molar-refractivity contribution < 1.29 is 27.0 Å². The third-order valence-electron chi connectivity index (χ3n) is 4.22. The molecule has 28 heavy (non-hydrogen) atoms. The minimum atomic E-state index is -1.09. The number of rotatable bonds is 6. The van der Waals surface area contributed by atoms with Crippen LogP contribution in [0.5, 0.6) is 11.5 Å². The minimum Gasteiger partial charge on any atom is -0.494 e. The summed E-state index contributed by atoms with van der Waals surface area (Å²) >= 11 is 0. The summed E-state index contributed by atoms with van der Waals surface area (Å²) in [6.07, 6.45) is 1.21. The van der Waals surface area contributed by atoms with Crippen molar-refractivity contribution in [3.8, 4) is 22.6 Å². The first-order valence-electron chi connectivity index (χ1n) is 8.30. The number of hydrogen-bond acceptors (Lipinski definition) is 2. The highest BCUT2D eigenvalue weighted by molar-refractivity contribution is 5.65. The van der Waals surface area contributed by atoms with Gasteiger partial charge in [-0.1, -0.05) is 36.9 Å². The van der Waals surface area contributed by atoms with E-state index in [1.807, 2.05) is 0 Å². The molecular formula is C22H16F4O2. The molecule has 3 aromatic carbocycles. The fourth-order valence-corrected chi connectivity index (χ4v) is 2.67. The van der Waals surface area contributed by atoms with E-state index in [1.54, 1.807) is 24.3 Å². The Hall–Kier alpha value is -3.28. The lowest BCUT2D eigenvalue weighted by atomic mass is 10.0. The molecule has 0 spiro atoms. The van der Waals surface area contributed by atoms with Crippen LogP contribution >= 0.6 is 0 Å². The number of ether oxygens (including phenoxy) is 2. The van der Waals surface area contributed by atoms with E-state index in [1.165, 1.54) is 37.5 Å². The molecule has 3 rings (SSSR count). The second-order valence-corrected chi connectivity index (χ2v) is 5.91. The molecule has 144 valence electrons. The van der Waals surface area contributed by atoms with Crippen molar-refractivity contribution in [3.63, 3.8) is 0 Å². The van der Waals surface area contributed by atoms with Crippen LogP contribution in [0.15, 0.2) is 55.1 Å². The molecular weight excluding hydrogens is 372 g/mol. The fraction of sp³-hybridized carbons (Fsp3) is 0.0909. The van der Waals surface area contributed by atoms with Gasteiger partial charge in [-0.3, -0.25) is 0 Å². The summed E-state index contributed by atoms with van der Waals surface area (Å²) in [4.78, 5) is 0. The van der Waals surface area contributed by atoms with Crippen molar-refractivity contribution in [2.45, 2.75) is 6.61 Å². The molecule has 0 aliphatic carbocycles. The molecule has 0 saturated heterocycles. The van der Waals surface area contributed by atoms with Crippen LogP contribution in [0.3, 0.4) is 0 Å². The number of halogens is 4. The summed E-state index contributed by atoms with van der Waals surface area (Å²) in [5.74, 6) is -4.60. The molecule has 0 heterocycles. The molecule has 0 aliphatic heterocycles. The lowest BCUT2D eigenvalue weighted by Gasteiger charge is -2.11. The summed E-state index contributed by atoms with van der Waals surface area (Å²) in [6.45, 7) is 3.38. The van der Waals surface area contributed by atoms with E-state index in [0.29, 0.717) is 11.1 Å². The zero-order valence-corrected chi connectivity index (χ0v) is 14.9. The van der Waals surface area contributed by atoms with Crippen LogP contribution in [0, 0.1) is 23.3 Å². The van der Waals surface area contributed by atoms with Crippen molar-refractivity contribution >= 4 is 6.08 Å². The van der Waals surface area contributed by atoms with Gasteiger partial charge in [-0.25, -0.2) is 8.78 Å². The average Bonchev–Trinajstić information content (AvgIpc) is 2.72. The fourth-order valence-electron chi connectivity index (χ4n) is 2.67. The van der Waals surface area contributed by atoms with E-state index >= 15 is 0 Å². The lowest BCUT2D eigenvalue weighted by molar-refractivity contribution is 0.284. The zero-order chi connectivity index (χ0) is 20.3. The summed E-state index contributed by atoms with van der Waals surface area (Å²) < 4.78 is 65.8. The predicted octanol–water partition coefficient (Wildman–Crippen LogP) is 6.14. The van der Waals surface area contributed by atoms with Gasteiger partial charge < -0.3 is 9.47 Å². The van der Waals surface area contributed by atoms with E-state index in [4.69, 9.17) is 9.47 Å². The maximum Gasteiger partial charge on any atom is 0.201 e. The van der Waals surface area contributed by atoms with Crippen molar-refractivity contribution in [3.05, 3.63) is 89.5 Å². The second-order valence-electron chi connectivity index (χ2n) is 5.91. The molecule has 0 radical (unpaired) electrons. The summed E-state index contributed by atoms with van der Waals surface area (Å²) in [5.41, 5.74) is 1.22. The monoisotopic (exact) mass is 388 g/mol. The molecule has 3 aromatic rings. The quantitative estimate of drug-likeness (QED) is 0.472. The topological polar surface area (TPSA) is 18.5 Å². The summed E-state index contributed by atoms with van der Waals surface area (Å²) in [6, 6.07) is 11.9. The van der Waals surface area contributed by atoms with Gasteiger partial charge in [0.1, 0.15) is 6.61 Å². The second kappa shape index (κ2) is 8.17. The Balaban J connectivity index is 1.76. The Bertz CT molecular complexity index is 1010. The molecule has 0 unspecified atom stereocenters. The highest BCUT2D eigenvalue weighted by Gasteiger charge is 2.16. The third kappa shape index (κ3) is 3.71. The molecule has 0 bridgehead atoms. The van der Waals surface area contributed by atoms with Gasteiger partial charge >= 0.3 is 0 Å².